The number of hydrogen-bond acceptors (Lipinski definition) is 4. The molecule has 6 heteroatoms. The third kappa shape index (κ3) is 4.09. The number of halogens is 1. The zero-order chi connectivity index (χ0) is 17.8. The summed E-state index contributed by atoms with van der Waals surface area (Å²) in [6.07, 6.45) is 1.69. The van der Waals surface area contributed by atoms with Gasteiger partial charge in [0, 0.05) is 0 Å². The van der Waals surface area contributed by atoms with Gasteiger partial charge in [-0.15, -0.1) is 0 Å². The summed E-state index contributed by atoms with van der Waals surface area (Å²) in [6, 6.07) is 13.0. The summed E-state index contributed by atoms with van der Waals surface area (Å²) in [6.45, 7) is 2.62. The van der Waals surface area contributed by atoms with E-state index in [0.717, 1.165) is 28.0 Å². The molecule has 1 heterocycles. The van der Waals surface area contributed by atoms with Gasteiger partial charge in [-0.2, -0.15) is 0 Å². The molecule has 2 aromatic carbocycles. The first-order valence-corrected chi connectivity index (χ1v) is 8.61. The highest BCUT2D eigenvalue weighted by Crippen LogP contribution is 2.33. The summed E-state index contributed by atoms with van der Waals surface area (Å²) in [5.74, 6) is 0.0607. The number of hydrogen-bond donors (Lipinski definition) is 0. The molecule has 1 fully saturated rings. The fourth-order valence-electron chi connectivity index (χ4n) is 2.39. The molecule has 1 aliphatic heterocycles. The minimum atomic E-state index is -0.353. The van der Waals surface area contributed by atoms with E-state index in [9.17, 15) is 14.0 Å². The molecule has 0 bridgehead atoms. The summed E-state index contributed by atoms with van der Waals surface area (Å²) >= 11 is 0.907. The van der Waals surface area contributed by atoms with Crippen LogP contribution in [0.1, 0.15) is 18.1 Å². The Morgan fingerprint density at radius 2 is 1.76 bits per heavy atom. The lowest BCUT2D eigenvalue weighted by Gasteiger charge is -2.12. The van der Waals surface area contributed by atoms with E-state index in [1.165, 1.54) is 12.1 Å². The molecule has 1 saturated heterocycles. The Balaban J connectivity index is 1.74. The number of amides is 2. The second-order valence-corrected chi connectivity index (χ2v) is 6.39. The van der Waals surface area contributed by atoms with Gasteiger partial charge >= 0.3 is 0 Å². The molecule has 2 amide bonds. The molecule has 0 spiro atoms. The third-order valence-electron chi connectivity index (χ3n) is 3.62. The molecule has 3 rings (SSSR count). The molecule has 0 atom stereocenters. The molecular weight excluding hydrogens is 341 g/mol. The predicted octanol–water partition coefficient (Wildman–Crippen LogP) is 4.46. The molecular formula is C19H16FNO3S. The van der Waals surface area contributed by atoms with Crippen LogP contribution in [0.5, 0.6) is 5.75 Å². The molecule has 0 aromatic heterocycles. The van der Waals surface area contributed by atoms with Gasteiger partial charge in [-0.25, -0.2) is 4.39 Å². The van der Waals surface area contributed by atoms with Crippen LogP contribution in [0.25, 0.3) is 6.08 Å². The van der Waals surface area contributed by atoms with Crippen LogP contribution in [0.2, 0.25) is 0 Å². The van der Waals surface area contributed by atoms with Crippen LogP contribution in [-0.2, 0) is 11.3 Å². The topological polar surface area (TPSA) is 46.6 Å². The largest absolute Gasteiger partial charge is 0.494 e. The minimum absolute atomic E-state index is 0.131. The zero-order valence-corrected chi connectivity index (χ0v) is 14.4. The first-order valence-electron chi connectivity index (χ1n) is 7.79. The van der Waals surface area contributed by atoms with E-state index in [-0.39, 0.29) is 23.5 Å². The van der Waals surface area contributed by atoms with Gasteiger partial charge in [0.25, 0.3) is 11.1 Å². The zero-order valence-electron chi connectivity index (χ0n) is 13.6. The van der Waals surface area contributed by atoms with E-state index < -0.39 is 0 Å². The van der Waals surface area contributed by atoms with Gasteiger partial charge in [0.2, 0.25) is 0 Å². The molecule has 128 valence electrons. The minimum Gasteiger partial charge on any atom is -0.494 e. The summed E-state index contributed by atoms with van der Waals surface area (Å²) < 4.78 is 18.3. The van der Waals surface area contributed by atoms with Gasteiger partial charge in [-0.3, -0.25) is 14.5 Å². The second-order valence-electron chi connectivity index (χ2n) is 5.40. The van der Waals surface area contributed by atoms with Crippen LogP contribution < -0.4 is 4.74 Å². The molecule has 2 aromatic rings. The first kappa shape index (κ1) is 17.2. The highest BCUT2D eigenvalue weighted by atomic mass is 32.2. The van der Waals surface area contributed by atoms with Crippen molar-refractivity contribution >= 4 is 29.0 Å². The number of ether oxygens (including phenoxy) is 1. The lowest BCUT2D eigenvalue weighted by Crippen LogP contribution is -2.27. The fourth-order valence-corrected chi connectivity index (χ4v) is 3.23. The van der Waals surface area contributed by atoms with Crippen LogP contribution in [0, 0.1) is 5.82 Å². The van der Waals surface area contributed by atoms with E-state index in [2.05, 4.69) is 0 Å². The summed E-state index contributed by atoms with van der Waals surface area (Å²) in [4.78, 5) is 26.1. The summed E-state index contributed by atoms with van der Waals surface area (Å²) in [7, 11) is 0. The van der Waals surface area contributed by atoms with E-state index in [1.54, 1.807) is 18.2 Å². The monoisotopic (exact) mass is 357 g/mol. The highest BCUT2D eigenvalue weighted by Gasteiger charge is 2.34. The van der Waals surface area contributed by atoms with Gasteiger partial charge < -0.3 is 4.74 Å². The first-order chi connectivity index (χ1) is 12.1. The van der Waals surface area contributed by atoms with E-state index in [4.69, 9.17) is 4.74 Å². The van der Waals surface area contributed by atoms with Gasteiger partial charge in [-0.1, -0.05) is 24.3 Å². The molecule has 4 nitrogen and oxygen atoms in total. The number of carbonyl (C=O) groups excluding carboxylic acids is 2. The van der Waals surface area contributed by atoms with Crippen molar-refractivity contribution in [1.29, 1.82) is 0 Å². The number of thioether (sulfide) groups is 1. The van der Waals surface area contributed by atoms with Crippen LogP contribution in [0.4, 0.5) is 9.18 Å². The molecule has 1 aliphatic rings. The Labute approximate surface area is 149 Å². The smallest absolute Gasteiger partial charge is 0.293 e. The maximum absolute atomic E-state index is 13.0. The average Bonchev–Trinajstić information content (AvgIpc) is 2.86. The average molecular weight is 357 g/mol. The van der Waals surface area contributed by atoms with E-state index in [1.807, 2.05) is 31.2 Å². The maximum atomic E-state index is 13.0. The molecule has 0 unspecified atom stereocenters. The molecule has 25 heavy (non-hydrogen) atoms. The van der Waals surface area contributed by atoms with Gasteiger partial charge in [0.05, 0.1) is 18.1 Å². The quantitative estimate of drug-likeness (QED) is 0.741. The number of carbonyl (C=O) groups is 2. The SMILES string of the molecule is CCOc1ccc(/C=C2/SC(=O)N(Cc3ccc(F)cc3)C2=O)cc1. The van der Waals surface area contributed by atoms with Gasteiger partial charge in [0.1, 0.15) is 11.6 Å². The van der Waals surface area contributed by atoms with E-state index >= 15 is 0 Å². The van der Waals surface area contributed by atoms with Crippen molar-refractivity contribution in [2.45, 2.75) is 13.5 Å². The van der Waals surface area contributed by atoms with Crippen molar-refractivity contribution in [1.82, 2.24) is 4.90 Å². The summed E-state index contributed by atoms with van der Waals surface area (Å²) in [5.41, 5.74) is 1.52. The lowest BCUT2D eigenvalue weighted by atomic mass is 10.2. The van der Waals surface area contributed by atoms with Crippen LogP contribution in [0.3, 0.4) is 0 Å². The molecule has 0 saturated carbocycles. The normalized spacial score (nSPS) is 15.9. The van der Waals surface area contributed by atoms with Crippen molar-refractivity contribution in [2.24, 2.45) is 0 Å². The van der Waals surface area contributed by atoms with Crippen molar-refractivity contribution in [3.8, 4) is 5.75 Å². The number of nitrogens with zero attached hydrogens (tertiary/aromatic N) is 1. The van der Waals surface area contributed by atoms with Crippen molar-refractivity contribution < 1.29 is 18.7 Å². The van der Waals surface area contributed by atoms with Gasteiger partial charge in [-0.05, 0) is 60.2 Å². The molecule has 0 radical (unpaired) electrons. The highest BCUT2D eigenvalue weighted by molar-refractivity contribution is 8.18. The van der Waals surface area contributed by atoms with Crippen LogP contribution in [0.15, 0.2) is 53.4 Å². The third-order valence-corrected chi connectivity index (χ3v) is 4.52. The summed E-state index contributed by atoms with van der Waals surface area (Å²) in [5, 5.41) is -0.327. The Morgan fingerprint density at radius 1 is 1.08 bits per heavy atom. The molecule has 0 aliphatic carbocycles. The van der Waals surface area contributed by atoms with Gasteiger partial charge in [0.15, 0.2) is 0 Å². The van der Waals surface area contributed by atoms with Crippen molar-refractivity contribution in [3.05, 3.63) is 70.4 Å². The maximum Gasteiger partial charge on any atom is 0.293 e. The standard InChI is InChI=1S/C19H16FNO3S/c1-2-24-16-9-5-13(6-10-16)11-17-18(22)21(19(23)25-17)12-14-3-7-15(20)8-4-14/h3-11H,2,12H2,1H3/b17-11+. The fraction of sp³-hybridized carbons (Fsp3) is 0.158. The van der Waals surface area contributed by atoms with Crippen molar-refractivity contribution in [3.63, 3.8) is 0 Å². The van der Waals surface area contributed by atoms with E-state index in [0.29, 0.717) is 17.1 Å². The van der Waals surface area contributed by atoms with Crippen LogP contribution in [-0.4, -0.2) is 22.7 Å². The second kappa shape index (κ2) is 7.53. The molecule has 0 N–H and O–H groups in total. The Bertz CT molecular complexity index is 816. The van der Waals surface area contributed by atoms with Crippen LogP contribution >= 0.6 is 11.8 Å². The number of benzene rings is 2. The van der Waals surface area contributed by atoms with Crippen molar-refractivity contribution in [2.75, 3.05) is 6.61 Å². The Hall–Kier alpha value is -2.60. The Kier molecular flexibility index (Phi) is 5.19. The lowest BCUT2D eigenvalue weighted by molar-refractivity contribution is -0.123. The number of imide groups is 1. The Morgan fingerprint density at radius 3 is 2.40 bits per heavy atom. The number of rotatable bonds is 5. The predicted molar refractivity (Wildman–Crippen MR) is 95.5 cm³/mol.